The number of hydrogen-bond donors (Lipinski definition) is 0. The summed E-state index contributed by atoms with van der Waals surface area (Å²) >= 11 is 0. The van der Waals surface area contributed by atoms with Crippen molar-refractivity contribution in [1.82, 2.24) is 4.57 Å². The van der Waals surface area contributed by atoms with Crippen molar-refractivity contribution < 1.29 is 4.57 Å². The number of nitrogens with zero attached hydrogens (tertiary/aromatic N) is 2. The van der Waals surface area contributed by atoms with Crippen molar-refractivity contribution >= 4 is 0 Å². The number of hydrogen-bond acceptors (Lipinski definition) is 0. The second kappa shape index (κ2) is 5.05. The van der Waals surface area contributed by atoms with Crippen molar-refractivity contribution in [2.24, 2.45) is 0 Å². The standard InChI is InChI=1S/C11H21N2/c1-4-7-8-11-12(5-2)9-10-13(11)6-3/h9-10H,4-8H2,1-3H3/q+1. The van der Waals surface area contributed by atoms with Crippen LogP contribution >= 0.6 is 0 Å². The minimum atomic E-state index is 1.09. The van der Waals surface area contributed by atoms with Gasteiger partial charge in [0.1, 0.15) is 12.4 Å². The van der Waals surface area contributed by atoms with Gasteiger partial charge in [0.25, 0.3) is 5.82 Å². The lowest BCUT2D eigenvalue weighted by Crippen LogP contribution is -2.35. The van der Waals surface area contributed by atoms with Gasteiger partial charge in [-0.05, 0) is 20.3 Å². The molecule has 1 rings (SSSR count). The highest BCUT2D eigenvalue weighted by atomic mass is 15.1. The average Bonchev–Trinajstić information content (AvgIpc) is 2.56. The van der Waals surface area contributed by atoms with Gasteiger partial charge in [-0.3, -0.25) is 0 Å². The van der Waals surface area contributed by atoms with Crippen LogP contribution in [0.4, 0.5) is 0 Å². The Morgan fingerprint density at radius 2 is 2.08 bits per heavy atom. The molecule has 1 aromatic rings. The zero-order valence-corrected chi connectivity index (χ0v) is 9.08. The van der Waals surface area contributed by atoms with Crippen LogP contribution in [0.3, 0.4) is 0 Å². The quantitative estimate of drug-likeness (QED) is 0.616. The summed E-state index contributed by atoms with van der Waals surface area (Å²) in [6.45, 7) is 8.83. The van der Waals surface area contributed by atoms with Crippen molar-refractivity contribution in [3.63, 3.8) is 0 Å². The fourth-order valence-electron chi connectivity index (χ4n) is 1.70. The van der Waals surface area contributed by atoms with E-state index in [1.807, 2.05) is 0 Å². The molecule has 13 heavy (non-hydrogen) atoms. The Bertz CT molecular complexity index is 229. The van der Waals surface area contributed by atoms with Crippen molar-refractivity contribution in [3.05, 3.63) is 18.2 Å². The van der Waals surface area contributed by atoms with Crippen LogP contribution in [-0.2, 0) is 19.5 Å². The molecular formula is C11H21N2+. The zero-order chi connectivity index (χ0) is 9.68. The van der Waals surface area contributed by atoms with Gasteiger partial charge in [-0.25, -0.2) is 9.13 Å². The van der Waals surface area contributed by atoms with E-state index in [1.54, 1.807) is 0 Å². The third kappa shape index (κ3) is 2.33. The lowest BCUT2D eigenvalue weighted by Gasteiger charge is -2.00. The summed E-state index contributed by atoms with van der Waals surface area (Å²) < 4.78 is 4.69. The number of rotatable bonds is 5. The molecule has 0 unspecified atom stereocenters. The Kier molecular flexibility index (Phi) is 4.00. The van der Waals surface area contributed by atoms with Gasteiger partial charge in [0.15, 0.2) is 0 Å². The molecule has 0 bridgehead atoms. The van der Waals surface area contributed by atoms with Crippen LogP contribution in [0.1, 0.15) is 39.4 Å². The molecule has 2 nitrogen and oxygen atoms in total. The minimum Gasteiger partial charge on any atom is -0.235 e. The van der Waals surface area contributed by atoms with Crippen molar-refractivity contribution in [2.75, 3.05) is 0 Å². The van der Waals surface area contributed by atoms with Crippen LogP contribution in [0.5, 0.6) is 0 Å². The van der Waals surface area contributed by atoms with Gasteiger partial charge in [0.05, 0.1) is 13.1 Å². The Hall–Kier alpha value is -0.790. The molecule has 0 saturated heterocycles. The van der Waals surface area contributed by atoms with E-state index in [2.05, 4.69) is 42.3 Å². The monoisotopic (exact) mass is 181 g/mol. The fraction of sp³-hybridized carbons (Fsp3) is 0.727. The molecular weight excluding hydrogens is 160 g/mol. The molecule has 0 atom stereocenters. The first-order valence-electron chi connectivity index (χ1n) is 5.40. The maximum atomic E-state index is 2.35. The van der Waals surface area contributed by atoms with E-state index >= 15 is 0 Å². The van der Waals surface area contributed by atoms with Gasteiger partial charge >= 0.3 is 0 Å². The first-order chi connectivity index (χ1) is 6.33. The highest BCUT2D eigenvalue weighted by Gasteiger charge is 2.13. The molecule has 0 aliphatic carbocycles. The summed E-state index contributed by atoms with van der Waals surface area (Å²) in [5, 5.41) is 0. The van der Waals surface area contributed by atoms with Crippen molar-refractivity contribution in [3.8, 4) is 0 Å². The molecule has 74 valence electrons. The van der Waals surface area contributed by atoms with Crippen LogP contribution < -0.4 is 4.57 Å². The van der Waals surface area contributed by atoms with Gasteiger partial charge in [-0.1, -0.05) is 13.3 Å². The molecule has 0 saturated carbocycles. The molecule has 0 amide bonds. The highest BCUT2D eigenvalue weighted by molar-refractivity contribution is 4.83. The lowest BCUT2D eigenvalue weighted by molar-refractivity contribution is -0.700. The van der Waals surface area contributed by atoms with Gasteiger partial charge < -0.3 is 0 Å². The van der Waals surface area contributed by atoms with Crippen LogP contribution in [0.2, 0.25) is 0 Å². The van der Waals surface area contributed by atoms with E-state index in [4.69, 9.17) is 0 Å². The zero-order valence-electron chi connectivity index (χ0n) is 9.08. The average molecular weight is 181 g/mol. The highest BCUT2D eigenvalue weighted by Crippen LogP contribution is 2.01. The molecule has 0 aliphatic heterocycles. The smallest absolute Gasteiger partial charge is 0.235 e. The first kappa shape index (κ1) is 10.3. The van der Waals surface area contributed by atoms with E-state index in [0.29, 0.717) is 0 Å². The van der Waals surface area contributed by atoms with Gasteiger partial charge in [0, 0.05) is 6.42 Å². The van der Waals surface area contributed by atoms with Gasteiger partial charge in [-0.2, -0.15) is 0 Å². The van der Waals surface area contributed by atoms with Crippen molar-refractivity contribution in [2.45, 2.75) is 53.1 Å². The molecule has 0 spiro atoms. The lowest BCUT2D eigenvalue weighted by atomic mass is 10.2. The SMILES string of the molecule is CCCCc1n(CC)cc[n+]1CC. The minimum absolute atomic E-state index is 1.09. The Labute approximate surface area is 81.2 Å². The maximum Gasteiger partial charge on any atom is 0.256 e. The molecule has 0 fully saturated rings. The predicted molar refractivity (Wildman–Crippen MR) is 54.6 cm³/mol. The van der Waals surface area contributed by atoms with Crippen LogP contribution in [0, 0.1) is 0 Å². The summed E-state index contributed by atoms with van der Waals surface area (Å²) in [5.74, 6) is 1.48. The molecule has 0 aromatic carbocycles. The molecule has 0 N–H and O–H groups in total. The normalized spacial score (nSPS) is 10.7. The predicted octanol–water partition coefficient (Wildman–Crippen LogP) is 2.16. The fourth-order valence-corrected chi connectivity index (χ4v) is 1.70. The molecule has 0 aliphatic rings. The van der Waals surface area contributed by atoms with E-state index in [1.165, 1.54) is 25.1 Å². The summed E-state index contributed by atoms with van der Waals surface area (Å²) in [6, 6.07) is 0. The summed E-state index contributed by atoms with van der Waals surface area (Å²) in [7, 11) is 0. The van der Waals surface area contributed by atoms with Crippen LogP contribution in [-0.4, -0.2) is 4.57 Å². The number of unbranched alkanes of at least 4 members (excludes halogenated alkanes) is 1. The third-order valence-electron chi connectivity index (χ3n) is 2.52. The van der Waals surface area contributed by atoms with Gasteiger partial charge in [0.2, 0.25) is 0 Å². The van der Waals surface area contributed by atoms with Crippen LogP contribution in [0.15, 0.2) is 12.4 Å². The van der Waals surface area contributed by atoms with Crippen LogP contribution in [0.25, 0.3) is 0 Å². The Morgan fingerprint density at radius 3 is 2.62 bits per heavy atom. The van der Waals surface area contributed by atoms with E-state index < -0.39 is 0 Å². The summed E-state index contributed by atoms with van der Waals surface area (Å²) in [5.41, 5.74) is 0. The summed E-state index contributed by atoms with van der Waals surface area (Å²) in [6.07, 6.45) is 8.16. The number of aryl methyl sites for hydroxylation is 2. The Balaban J connectivity index is 2.78. The number of imidazole rings is 1. The topological polar surface area (TPSA) is 8.81 Å². The van der Waals surface area contributed by atoms with Crippen molar-refractivity contribution in [1.29, 1.82) is 0 Å². The molecule has 1 aromatic heterocycles. The number of aromatic nitrogens is 2. The maximum absolute atomic E-state index is 2.35. The Morgan fingerprint density at radius 1 is 1.31 bits per heavy atom. The summed E-state index contributed by atoms with van der Waals surface area (Å²) in [4.78, 5) is 0. The van der Waals surface area contributed by atoms with E-state index in [-0.39, 0.29) is 0 Å². The van der Waals surface area contributed by atoms with E-state index in [0.717, 1.165) is 13.1 Å². The molecule has 1 heterocycles. The molecule has 2 heteroatoms. The molecule has 0 radical (unpaired) electrons. The second-order valence-corrected chi connectivity index (χ2v) is 3.39. The second-order valence-electron chi connectivity index (χ2n) is 3.39. The largest absolute Gasteiger partial charge is 0.256 e. The third-order valence-corrected chi connectivity index (χ3v) is 2.52. The van der Waals surface area contributed by atoms with Gasteiger partial charge in [-0.15, -0.1) is 0 Å². The first-order valence-corrected chi connectivity index (χ1v) is 5.40. The van der Waals surface area contributed by atoms with E-state index in [9.17, 15) is 0 Å².